The second-order valence-electron chi connectivity index (χ2n) is 8.08. The molecular formula is C20H35N3S. The number of hydrogen-bond acceptors (Lipinski definition) is 4. The molecule has 3 rings (SSSR count). The van der Waals surface area contributed by atoms with E-state index in [1.807, 2.05) is 11.3 Å². The molecule has 2 aliphatic rings. The van der Waals surface area contributed by atoms with Gasteiger partial charge >= 0.3 is 0 Å². The zero-order valence-corrected chi connectivity index (χ0v) is 16.7. The van der Waals surface area contributed by atoms with E-state index in [0.29, 0.717) is 6.04 Å². The summed E-state index contributed by atoms with van der Waals surface area (Å²) >= 11 is 1.97. The third-order valence-electron chi connectivity index (χ3n) is 6.07. The smallest absolute Gasteiger partial charge is 0.0328 e. The van der Waals surface area contributed by atoms with E-state index in [0.717, 1.165) is 12.5 Å². The Kier molecular flexibility index (Phi) is 6.73. The first kappa shape index (κ1) is 18.4. The molecule has 0 N–H and O–H groups in total. The van der Waals surface area contributed by atoms with Gasteiger partial charge in [-0.05, 0) is 95.8 Å². The molecule has 2 fully saturated rings. The maximum absolute atomic E-state index is 2.66. The molecule has 0 unspecified atom stereocenters. The van der Waals surface area contributed by atoms with Crippen molar-refractivity contribution in [3.05, 3.63) is 21.9 Å². The largest absolute Gasteiger partial charge is 0.306 e. The average molecular weight is 350 g/mol. The summed E-state index contributed by atoms with van der Waals surface area (Å²) in [4.78, 5) is 9.23. The molecule has 136 valence electrons. The molecule has 1 aromatic rings. The predicted molar refractivity (Wildman–Crippen MR) is 105 cm³/mol. The Morgan fingerprint density at radius 1 is 1.04 bits per heavy atom. The van der Waals surface area contributed by atoms with Crippen molar-refractivity contribution in [3.63, 3.8) is 0 Å². The molecule has 0 aromatic carbocycles. The van der Waals surface area contributed by atoms with Crippen LogP contribution in [0.25, 0.3) is 0 Å². The van der Waals surface area contributed by atoms with Crippen LogP contribution in [0, 0.1) is 5.92 Å². The number of hydrogen-bond donors (Lipinski definition) is 0. The minimum atomic E-state index is 0.713. The molecular weight excluding hydrogens is 314 g/mol. The highest BCUT2D eigenvalue weighted by Gasteiger charge is 2.25. The highest BCUT2D eigenvalue weighted by molar-refractivity contribution is 7.10. The first-order valence-electron chi connectivity index (χ1n) is 9.79. The SMILES string of the molecule is C[C@H](C1CCN(Cc2cc(CN3CCCCC3)cs2)CC1)N(C)C. The lowest BCUT2D eigenvalue weighted by molar-refractivity contribution is 0.122. The van der Waals surface area contributed by atoms with Gasteiger partial charge in [-0.25, -0.2) is 0 Å². The fraction of sp³-hybridized carbons (Fsp3) is 0.800. The zero-order chi connectivity index (χ0) is 16.9. The van der Waals surface area contributed by atoms with E-state index in [1.54, 1.807) is 4.88 Å². The molecule has 3 nitrogen and oxygen atoms in total. The third-order valence-corrected chi connectivity index (χ3v) is 7.04. The second kappa shape index (κ2) is 8.79. The summed E-state index contributed by atoms with van der Waals surface area (Å²) in [7, 11) is 4.43. The van der Waals surface area contributed by atoms with Crippen molar-refractivity contribution >= 4 is 11.3 Å². The summed E-state index contributed by atoms with van der Waals surface area (Å²) in [5, 5.41) is 2.39. The highest BCUT2D eigenvalue weighted by Crippen LogP contribution is 2.26. The molecule has 0 bridgehead atoms. The van der Waals surface area contributed by atoms with Crippen LogP contribution >= 0.6 is 11.3 Å². The van der Waals surface area contributed by atoms with Crippen LogP contribution in [0.15, 0.2) is 11.4 Å². The zero-order valence-electron chi connectivity index (χ0n) is 15.8. The topological polar surface area (TPSA) is 9.72 Å². The van der Waals surface area contributed by atoms with Crippen LogP contribution in [0.4, 0.5) is 0 Å². The van der Waals surface area contributed by atoms with E-state index in [9.17, 15) is 0 Å². The molecule has 2 saturated heterocycles. The highest BCUT2D eigenvalue weighted by atomic mass is 32.1. The van der Waals surface area contributed by atoms with E-state index in [1.165, 1.54) is 70.4 Å². The van der Waals surface area contributed by atoms with E-state index >= 15 is 0 Å². The Labute approximate surface area is 152 Å². The van der Waals surface area contributed by atoms with Crippen molar-refractivity contribution in [3.8, 4) is 0 Å². The lowest BCUT2D eigenvalue weighted by atomic mass is 9.90. The van der Waals surface area contributed by atoms with Crippen LogP contribution in [0.5, 0.6) is 0 Å². The predicted octanol–water partition coefficient (Wildman–Crippen LogP) is 3.90. The van der Waals surface area contributed by atoms with E-state index in [4.69, 9.17) is 0 Å². The molecule has 0 spiro atoms. The van der Waals surface area contributed by atoms with Gasteiger partial charge in [0.25, 0.3) is 0 Å². The quantitative estimate of drug-likeness (QED) is 0.771. The van der Waals surface area contributed by atoms with Gasteiger partial charge in [0.05, 0.1) is 0 Å². The average Bonchev–Trinajstić information content (AvgIpc) is 3.02. The molecule has 2 aliphatic heterocycles. The van der Waals surface area contributed by atoms with Crippen LogP contribution in [0.3, 0.4) is 0 Å². The Hall–Kier alpha value is -0.420. The number of piperidine rings is 2. The Morgan fingerprint density at radius 2 is 1.71 bits per heavy atom. The summed E-state index contributed by atoms with van der Waals surface area (Å²) < 4.78 is 0. The van der Waals surface area contributed by atoms with Gasteiger partial charge in [0, 0.05) is 24.0 Å². The molecule has 0 amide bonds. The van der Waals surface area contributed by atoms with E-state index in [2.05, 4.69) is 47.2 Å². The van der Waals surface area contributed by atoms with Crippen molar-refractivity contribution in [2.24, 2.45) is 5.92 Å². The van der Waals surface area contributed by atoms with Gasteiger partial charge in [0.1, 0.15) is 0 Å². The third kappa shape index (κ3) is 5.04. The number of nitrogens with zero attached hydrogens (tertiary/aromatic N) is 3. The number of thiophene rings is 1. The van der Waals surface area contributed by atoms with Gasteiger partial charge in [-0.1, -0.05) is 6.42 Å². The first-order chi connectivity index (χ1) is 11.6. The molecule has 0 aliphatic carbocycles. The van der Waals surface area contributed by atoms with E-state index < -0.39 is 0 Å². The summed E-state index contributed by atoms with van der Waals surface area (Å²) in [5.41, 5.74) is 1.54. The monoisotopic (exact) mass is 349 g/mol. The molecule has 0 saturated carbocycles. The summed E-state index contributed by atoms with van der Waals surface area (Å²) in [6.07, 6.45) is 6.90. The molecule has 1 aromatic heterocycles. The minimum absolute atomic E-state index is 0.713. The summed E-state index contributed by atoms with van der Waals surface area (Å²) in [6, 6.07) is 3.18. The van der Waals surface area contributed by atoms with Gasteiger partial charge < -0.3 is 4.90 Å². The van der Waals surface area contributed by atoms with Crippen molar-refractivity contribution < 1.29 is 0 Å². The minimum Gasteiger partial charge on any atom is -0.306 e. The standard InChI is InChI=1S/C20H35N3S/c1-17(21(2)3)19-7-11-23(12-8-19)15-20-13-18(16-24-20)14-22-9-5-4-6-10-22/h13,16-17,19H,4-12,14-15H2,1-3H3/t17-/m1/s1. The second-order valence-corrected chi connectivity index (χ2v) is 9.07. The van der Waals surface area contributed by atoms with Crippen LogP contribution in [-0.2, 0) is 13.1 Å². The van der Waals surface area contributed by atoms with Gasteiger partial charge in [0.2, 0.25) is 0 Å². The van der Waals surface area contributed by atoms with Crippen molar-refractivity contribution in [1.29, 1.82) is 0 Å². The van der Waals surface area contributed by atoms with Gasteiger partial charge in [-0.3, -0.25) is 9.80 Å². The summed E-state index contributed by atoms with van der Waals surface area (Å²) in [5.74, 6) is 0.870. The molecule has 0 radical (unpaired) electrons. The Bertz CT molecular complexity index is 485. The molecule has 24 heavy (non-hydrogen) atoms. The number of rotatable bonds is 6. The van der Waals surface area contributed by atoms with Crippen molar-refractivity contribution in [2.75, 3.05) is 40.3 Å². The van der Waals surface area contributed by atoms with Crippen molar-refractivity contribution in [1.82, 2.24) is 14.7 Å². The summed E-state index contributed by atoms with van der Waals surface area (Å²) in [6.45, 7) is 9.83. The van der Waals surface area contributed by atoms with Crippen LogP contribution in [-0.4, -0.2) is 61.0 Å². The van der Waals surface area contributed by atoms with Gasteiger partial charge in [0.15, 0.2) is 0 Å². The Morgan fingerprint density at radius 3 is 2.38 bits per heavy atom. The van der Waals surface area contributed by atoms with Gasteiger partial charge in [-0.15, -0.1) is 11.3 Å². The molecule has 1 atom stereocenters. The fourth-order valence-corrected chi connectivity index (χ4v) is 5.13. The lowest BCUT2D eigenvalue weighted by Gasteiger charge is -2.37. The maximum Gasteiger partial charge on any atom is 0.0328 e. The van der Waals surface area contributed by atoms with Crippen LogP contribution in [0.1, 0.15) is 49.5 Å². The van der Waals surface area contributed by atoms with Crippen molar-refractivity contribution in [2.45, 2.75) is 58.2 Å². The fourth-order valence-electron chi connectivity index (χ4n) is 4.20. The number of likely N-dealkylation sites (tertiary alicyclic amines) is 2. The van der Waals surface area contributed by atoms with Crippen LogP contribution in [0.2, 0.25) is 0 Å². The van der Waals surface area contributed by atoms with Gasteiger partial charge in [-0.2, -0.15) is 0 Å². The lowest BCUT2D eigenvalue weighted by Crippen LogP contribution is -2.41. The first-order valence-corrected chi connectivity index (χ1v) is 10.7. The van der Waals surface area contributed by atoms with Crippen LogP contribution < -0.4 is 0 Å². The molecule has 3 heterocycles. The van der Waals surface area contributed by atoms with E-state index in [-0.39, 0.29) is 0 Å². The maximum atomic E-state index is 2.66. The Balaban J connectivity index is 1.44. The molecule has 4 heteroatoms. The normalized spacial score (nSPS) is 23.0.